The van der Waals surface area contributed by atoms with Gasteiger partial charge in [-0.3, -0.25) is 9.59 Å². The molecule has 0 fully saturated rings. The van der Waals surface area contributed by atoms with E-state index in [1.165, 1.54) is 36.4 Å². The van der Waals surface area contributed by atoms with Gasteiger partial charge in [0.2, 0.25) is 10.0 Å². The largest absolute Gasteiger partial charge is 0.289 e. The van der Waals surface area contributed by atoms with Gasteiger partial charge in [-0.05, 0) is 35.9 Å². The van der Waals surface area contributed by atoms with E-state index in [9.17, 15) is 22.4 Å². The molecule has 1 N–H and O–H groups in total. The molecule has 28 heavy (non-hydrogen) atoms. The van der Waals surface area contributed by atoms with Gasteiger partial charge in [-0.15, -0.1) is 0 Å². The molecular weight excluding hydrogens is 381 g/mol. The van der Waals surface area contributed by atoms with Gasteiger partial charge in [0.1, 0.15) is 5.82 Å². The number of fused-ring (bicyclic) bond motifs is 2. The molecule has 0 heterocycles. The maximum absolute atomic E-state index is 13.3. The van der Waals surface area contributed by atoms with E-state index in [0.717, 1.165) is 0 Å². The highest BCUT2D eigenvalue weighted by atomic mass is 32.2. The summed E-state index contributed by atoms with van der Waals surface area (Å²) in [5.41, 5.74) is 1.24. The highest BCUT2D eigenvalue weighted by molar-refractivity contribution is 7.89. The Bertz CT molecular complexity index is 1230. The number of carbonyl (C=O) groups is 2. The van der Waals surface area contributed by atoms with Crippen molar-refractivity contribution < 1.29 is 22.4 Å². The zero-order valence-electron chi connectivity index (χ0n) is 14.5. The minimum absolute atomic E-state index is 0.0531. The molecule has 140 valence electrons. The smallest absolute Gasteiger partial charge is 0.240 e. The summed E-state index contributed by atoms with van der Waals surface area (Å²) in [5, 5.41) is 0. The number of carbonyl (C=O) groups excluding carboxylic acids is 2. The van der Waals surface area contributed by atoms with Gasteiger partial charge in [0.05, 0.1) is 4.90 Å². The van der Waals surface area contributed by atoms with Gasteiger partial charge in [-0.2, -0.15) is 0 Å². The summed E-state index contributed by atoms with van der Waals surface area (Å²) >= 11 is 0. The number of rotatable bonds is 4. The molecule has 7 heteroatoms. The summed E-state index contributed by atoms with van der Waals surface area (Å²) in [6.07, 6.45) is 0. The standard InChI is InChI=1S/C21H14FNO4S/c22-14-5-3-4-13(10-14)12-23-28(26,27)15-8-9-18-19(11-15)21(25)17-7-2-1-6-16(17)20(18)24/h1-11,23H,12H2. The Kier molecular flexibility index (Phi) is 4.41. The topological polar surface area (TPSA) is 80.3 Å². The lowest BCUT2D eigenvalue weighted by molar-refractivity contribution is 0.0979. The highest BCUT2D eigenvalue weighted by Crippen LogP contribution is 2.28. The van der Waals surface area contributed by atoms with E-state index in [4.69, 9.17) is 0 Å². The number of halogens is 1. The quantitative estimate of drug-likeness (QED) is 0.576. The Balaban J connectivity index is 1.67. The molecule has 3 aromatic carbocycles. The third kappa shape index (κ3) is 3.15. The first-order valence-corrected chi connectivity index (χ1v) is 9.92. The second-order valence-electron chi connectivity index (χ2n) is 6.37. The van der Waals surface area contributed by atoms with E-state index >= 15 is 0 Å². The Morgan fingerprint density at radius 1 is 0.750 bits per heavy atom. The van der Waals surface area contributed by atoms with Gasteiger partial charge in [-0.1, -0.05) is 36.4 Å². The maximum Gasteiger partial charge on any atom is 0.240 e. The van der Waals surface area contributed by atoms with E-state index in [0.29, 0.717) is 11.1 Å². The van der Waals surface area contributed by atoms with Crippen molar-refractivity contribution in [1.82, 2.24) is 4.72 Å². The van der Waals surface area contributed by atoms with Crippen LogP contribution in [-0.2, 0) is 16.6 Å². The lowest BCUT2D eigenvalue weighted by Crippen LogP contribution is -2.25. The van der Waals surface area contributed by atoms with Gasteiger partial charge < -0.3 is 0 Å². The first kappa shape index (κ1) is 18.2. The van der Waals surface area contributed by atoms with Crippen molar-refractivity contribution in [3.8, 4) is 0 Å². The molecule has 0 atom stereocenters. The van der Waals surface area contributed by atoms with E-state index in [1.807, 2.05) is 0 Å². The third-order valence-electron chi connectivity index (χ3n) is 4.56. The zero-order valence-corrected chi connectivity index (χ0v) is 15.3. The predicted molar refractivity (Wildman–Crippen MR) is 100 cm³/mol. The number of hydrogen-bond donors (Lipinski definition) is 1. The Labute approximate surface area is 160 Å². The number of sulfonamides is 1. The SMILES string of the molecule is O=C1c2ccccc2C(=O)c2cc(S(=O)(=O)NCc3cccc(F)c3)ccc21. The van der Waals surface area contributed by atoms with Crippen LogP contribution in [0.25, 0.3) is 0 Å². The summed E-state index contributed by atoms with van der Waals surface area (Å²) in [5.74, 6) is -1.18. The third-order valence-corrected chi connectivity index (χ3v) is 5.96. The first-order chi connectivity index (χ1) is 13.4. The fourth-order valence-electron chi connectivity index (χ4n) is 3.15. The van der Waals surface area contributed by atoms with Crippen LogP contribution in [0.4, 0.5) is 4.39 Å². The maximum atomic E-state index is 13.3. The fraction of sp³-hybridized carbons (Fsp3) is 0.0476. The van der Waals surface area contributed by atoms with Crippen LogP contribution in [-0.4, -0.2) is 20.0 Å². The number of nitrogens with one attached hydrogen (secondary N) is 1. The molecule has 1 aliphatic carbocycles. The van der Waals surface area contributed by atoms with Gasteiger partial charge >= 0.3 is 0 Å². The number of benzene rings is 3. The van der Waals surface area contributed by atoms with Crippen LogP contribution < -0.4 is 4.72 Å². The predicted octanol–water partition coefficient (Wildman–Crippen LogP) is 3.08. The molecule has 3 aromatic rings. The second kappa shape index (κ2) is 6.78. The Morgan fingerprint density at radius 3 is 2.07 bits per heavy atom. The zero-order chi connectivity index (χ0) is 19.9. The van der Waals surface area contributed by atoms with Crippen LogP contribution in [0, 0.1) is 5.82 Å². The Hall–Kier alpha value is -3.16. The molecule has 0 bridgehead atoms. The van der Waals surface area contributed by atoms with Crippen LogP contribution in [0.3, 0.4) is 0 Å². The summed E-state index contributed by atoms with van der Waals surface area (Å²) in [6, 6.07) is 15.9. The van der Waals surface area contributed by atoms with Crippen LogP contribution in [0.2, 0.25) is 0 Å². The van der Waals surface area contributed by atoms with Crippen LogP contribution >= 0.6 is 0 Å². The molecular formula is C21H14FNO4S. The molecule has 0 unspecified atom stereocenters. The summed E-state index contributed by atoms with van der Waals surface area (Å²) in [7, 11) is -3.96. The minimum Gasteiger partial charge on any atom is -0.289 e. The average Bonchev–Trinajstić information content (AvgIpc) is 2.70. The normalized spacial score (nSPS) is 13.2. The van der Waals surface area contributed by atoms with Gasteiger partial charge in [-0.25, -0.2) is 17.5 Å². The molecule has 1 aliphatic rings. The lowest BCUT2D eigenvalue weighted by Gasteiger charge is -2.18. The molecule has 5 nitrogen and oxygen atoms in total. The minimum atomic E-state index is -3.96. The van der Waals surface area contributed by atoms with Crippen LogP contribution in [0.5, 0.6) is 0 Å². The van der Waals surface area contributed by atoms with E-state index in [1.54, 1.807) is 30.3 Å². The summed E-state index contributed by atoms with van der Waals surface area (Å²) in [4.78, 5) is 25.2. The van der Waals surface area contributed by atoms with Gasteiger partial charge in [0.15, 0.2) is 11.6 Å². The highest BCUT2D eigenvalue weighted by Gasteiger charge is 2.30. The lowest BCUT2D eigenvalue weighted by atomic mass is 9.84. The van der Waals surface area contributed by atoms with E-state index < -0.39 is 21.6 Å². The first-order valence-electron chi connectivity index (χ1n) is 8.43. The van der Waals surface area contributed by atoms with Crippen molar-refractivity contribution in [2.24, 2.45) is 0 Å². The molecule has 0 saturated heterocycles. The monoisotopic (exact) mass is 395 g/mol. The van der Waals surface area contributed by atoms with Crippen molar-refractivity contribution in [3.05, 3.63) is 100 Å². The number of hydrogen-bond acceptors (Lipinski definition) is 4. The van der Waals surface area contributed by atoms with Crippen LogP contribution in [0.15, 0.2) is 71.6 Å². The van der Waals surface area contributed by atoms with E-state index in [2.05, 4.69) is 4.72 Å². The summed E-state index contributed by atoms with van der Waals surface area (Å²) in [6.45, 7) is -0.104. The van der Waals surface area contributed by atoms with E-state index in [-0.39, 0.29) is 33.9 Å². The molecule has 0 saturated carbocycles. The van der Waals surface area contributed by atoms with Crippen molar-refractivity contribution in [2.45, 2.75) is 11.4 Å². The molecule has 0 aliphatic heterocycles. The Morgan fingerprint density at radius 2 is 1.39 bits per heavy atom. The van der Waals surface area contributed by atoms with Gasteiger partial charge in [0.25, 0.3) is 0 Å². The number of ketones is 2. The second-order valence-corrected chi connectivity index (χ2v) is 8.13. The average molecular weight is 395 g/mol. The van der Waals surface area contributed by atoms with Crippen molar-refractivity contribution in [2.75, 3.05) is 0 Å². The molecule has 0 spiro atoms. The fourth-order valence-corrected chi connectivity index (χ4v) is 4.20. The van der Waals surface area contributed by atoms with Crippen molar-refractivity contribution in [1.29, 1.82) is 0 Å². The molecule has 0 aromatic heterocycles. The molecule has 4 rings (SSSR count). The van der Waals surface area contributed by atoms with Crippen molar-refractivity contribution in [3.63, 3.8) is 0 Å². The molecule has 0 amide bonds. The van der Waals surface area contributed by atoms with Crippen LogP contribution in [0.1, 0.15) is 37.4 Å². The molecule has 0 radical (unpaired) electrons. The van der Waals surface area contributed by atoms with Gasteiger partial charge in [0, 0.05) is 28.8 Å². The van der Waals surface area contributed by atoms with Crippen molar-refractivity contribution >= 4 is 21.6 Å². The summed E-state index contributed by atoms with van der Waals surface area (Å²) < 4.78 is 40.9.